The van der Waals surface area contributed by atoms with E-state index < -0.39 is 11.4 Å². The van der Waals surface area contributed by atoms with E-state index in [0.29, 0.717) is 5.69 Å². The van der Waals surface area contributed by atoms with E-state index in [0.717, 1.165) is 25.7 Å². The third-order valence-corrected chi connectivity index (χ3v) is 4.05. The van der Waals surface area contributed by atoms with E-state index in [9.17, 15) is 9.18 Å². The fourth-order valence-electron chi connectivity index (χ4n) is 2.69. The SMILES string of the molecule is CC(C)(C)OC(=O)NC1CCC(Nc2cccc(Cl)c2F)CC1. The highest BCUT2D eigenvalue weighted by atomic mass is 35.5. The van der Waals surface area contributed by atoms with E-state index in [1.807, 2.05) is 20.8 Å². The molecule has 1 amide bonds. The minimum atomic E-state index is -0.493. The predicted molar refractivity (Wildman–Crippen MR) is 90.4 cm³/mol. The number of anilines is 1. The summed E-state index contributed by atoms with van der Waals surface area (Å²) in [6.45, 7) is 5.52. The molecule has 0 saturated heterocycles. The Morgan fingerprint density at radius 3 is 2.43 bits per heavy atom. The number of carbonyl (C=O) groups is 1. The molecule has 1 aromatic rings. The number of amides is 1. The monoisotopic (exact) mass is 342 g/mol. The second-order valence-corrected chi connectivity index (χ2v) is 7.35. The normalized spacial score (nSPS) is 21.6. The third kappa shape index (κ3) is 5.57. The number of ether oxygens (including phenoxy) is 1. The van der Waals surface area contributed by atoms with Crippen molar-refractivity contribution in [2.75, 3.05) is 5.32 Å². The molecule has 0 aliphatic heterocycles. The molecule has 0 aromatic heterocycles. The molecule has 0 bridgehead atoms. The van der Waals surface area contributed by atoms with Crippen molar-refractivity contribution in [1.29, 1.82) is 0 Å². The Hall–Kier alpha value is -1.49. The van der Waals surface area contributed by atoms with Gasteiger partial charge in [-0.15, -0.1) is 0 Å². The number of alkyl carbamates (subject to hydrolysis) is 1. The van der Waals surface area contributed by atoms with Crippen LogP contribution in [0.4, 0.5) is 14.9 Å². The van der Waals surface area contributed by atoms with Gasteiger partial charge in [0.15, 0.2) is 5.82 Å². The molecule has 1 aliphatic rings. The molecule has 128 valence electrons. The molecule has 1 fully saturated rings. The minimum absolute atomic E-state index is 0.104. The number of benzene rings is 1. The number of nitrogens with one attached hydrogen (secondary N) is 2. The van der Waals surface area contributed by atoms with Crippen LogP contribution in [0, 0.1) is 5.82 Å². The molecule has 1 saturated carbocycles. The number of rotatable bonds is 3. The lowest BCUT2D eigenvalue weighted by Gasteiger charge is -2.31. The molecule has 0 radical (unpaired) electrons. The summed E-state index contributed by atoms with van der Waals surface area (Å²) in [5.74, 6) is -0.414. The lowest BCUT2D eigenvalue weighted by molar-refractivity contribution is 0.0492. The zero-order valence-corrected chi connectivity index (χ0v) is 14.5. The van der Waals surface area contributed by atoms with E-state index in [2.05, 4.69) is 10.6 Å². The fraction of sp³-hybridized carbons (Fsp3) is 0.588. The van der Waals surface area contributed by atoms with Crippen LogP contribution in [0.1, 0.15) is 46.5 Å². The van der Waals surface area contributed by atoms with Gasteiger partial charge in [-0.1, -0.05) is 17.7 Å². The first-order chi connectivity index (χ1) is 10.7. The Morgan fingerprint density at radius 2 is 1.83 bits per heavy atom. The molecular weight excluding hydrogens is 319 g/mol. The average molecular weight is 343 g/mol. The summed E-state index contributed by atoms with van der Waals surface area (Å²) in [4.78, 5) is 11.8. The van der Waals surface area contributed by atoms with Gasteiger partial charge in [-0.25, -0.2) is 9.18 Å². The maximum absolute atomic E-state index is 13.9. The summed E-state index contributed by atoms with van der Waals surface area (Å²) in [6, 6.07) is 5.23. The minimum Gasteiger partial charge on any atom is -0.444 e. The van der Waals surface area contributed by atoms with Crippen LogP contribution in [0.5, 0.6) is 0 Å². The van der Waals surface area contributed by atoms with Crippen LogP contribution in [0.2, 0.25) is 5.02 Å². The van der Waals surface area contributed by atoms with Crippen LogP contribution >= 0.6 is 11.6 Å². The zero-order chi connectivity index (χ0) is 17.0. The summed E-state index contributed by atoms with van der Waals surface area (Å²) < 4.78 is 19.2. The second-order valence-electron chi connectivity index (χ2n) is 6.94. The largest absolute Gasteiger partial charge is 0.444 e. The topological polar surface area (TPSA) is 50.4 Å². The first-order valence-electron chi connectivity index (χ1n) is 7.94. The van der Waals surface area contributed by atoms with E-state index in [-0.39, 0.29) is 23.2 Å². The van der Waals surface area contributed by atoms with Crippen molar-refractivity contribution in [3.05, 3.63) is 29.0 Å². The third-order valence-electron chi connectivity index (χ3n) is 3.76. The van der Waals surface area contributed by atoms with Gasteiger partial charge in [-0.2, -0.15) is 0 Å². The summed E-state index contributed by atoms with van der Waals surface area (Å²) in [6.07, 6.45) is 2.99. The molecule has 0 unspecified atom stereocenters. The van der Waals surface area contributed by atoms with Crippen LogP contribution in [0.3, 0.4) is 0 Å². The van der Waals surface area contributed by atoms with Gasteiger partial charge in [0.05, 0.1) is 10.7 Å². The molecule has 4 nitrogen and oxygen atoms in total. The van der Waals surface area contributed by atoms with Gasteiger partial charge in [-0.05, 0) is 58.6 Å². The van der Waals surface area contributed by atoms with Gasteiger partial charge in [0, 0.05) is 12.1 Å². The molecule has 0 heterocycles. The predicted octanol–water partition coefficient (Wildman–Crippen LogP) is 4.73. The highest BCUT2D eigenvalue weighted by Gasteiger charge is 2.25. The van der Waals surface area contributed by atoms with Gasteiger partial charge in [0.25, 0.3) is 0 Å². The molecule has 1 aliphatic carbocycles. The van der Waals surface area contributed by atoms with Crippen molar-refractivity contribution >= 4 is 23.4 Å². The van der Waals surface area contributed by atoms with Crippen molar-refractivity contribution in [2.45, 2.75) is 64.1 Å². The lowest BCUT2D eigenvalue weighted by atomic mass is 9.91. The fourth-order valence-corrected chi connectivity index (χ4v) is 2.87. The van der Waals surface area contributed by atoms with Crippen LogP contribution in [0.15, 0.2) is 18.2 Å². The smallest absolute Gasteiger partial charge is 0.407 e. The maximum atomic E-state index is 13.9. The summed E-state index contributed by atoms with van der Waals surface area (Å²) in [5, 5.41) is 6.22. The maximum Gasteiger partial charge on any atom is 0.407 e. The first kappa shape index (κ1) is 17.9. The van der Waals surface area contributed by atoms with Crippen LogP contribution in [-0.4, -0.2) is 23.8 Å². The van der Waals surface area contributed by atoms with Crippen LogP contribution < -0.4 is 10.6 Å². The molecule has 2 rings (SSSR count). The highest BCUT2D eigenvalue weighted by Crippen LogP contribution is 2.27. The van der Waals surface area contributed by atoms with E-state index >= 15 is 0 Å². The van der Waals surface area contributed by atoms with Gasteiger partial charge in [0.1, 0.15) is 5.60 Å². The second kappa shape index (κ2) is 7.39. The summed E-state index contributed by atoms with van der Waals surface area (Å²) in [7, 11) is 0. The summed E-state index contributed by atoms with van der Waals surface area (Å²) in [5.41, 5.74) is -0.0616. The van der Waals surface area contributed by atoms with Crippen molar-refractivity contribution < 1.29 is 13.9 Å². The number of carbonyl (C=O) groups excluding carboxylic acids is 1. The Balaban J connectivity index is 1.80. The molecule has 23 heavy (non-hydrogen) atoms. The summed E-state index contributed by atoms with van der Waals surface area (Å²) >= 11 is 5.79. The lowest BCUT2D eigenvalue weighted by Crippen LogP contribution is -2.42. The van der Waals surface area contributed by atoms with E-state index in [4.69, 9.17) is 16.3 Å². The standard InChI is InChI=1S/C17H24ClFN2O2/c1-17(2,3)23-16(22)21-12-9-7-11(8-10-12)20-14-6-4-5-13(18)15(14)19/h4-6,11-12,20H,7-10H2,1-3H3,(H,21,22). The van der Waals surface area contributed by atoms with Gasteiger partial charge in [0.2, 0.25) is 0 Å². The number of halogens is 2. The van der Waals surface area contributed by atoms with Crippen molar-refractivity contribution in [1.82, 2.24) is 5.32 Å². The zero-order valence-electron chi connectivity index (χ0n) is 13.8. The Bertz CT molecular complexity index is 552. The Labute approximate surface area is 141 Å². The average Bonchev–Trinajstić information content (AvgIpc) is 2.44. The van der Waals surface area contributed by atoms with Gasteiger partial charge >= 0.3 is 6.09 Å². The van der Waals surface area contributed by atoms with Crippen LogP contribution in [0.25, 0.3) is 0 Å². The van der Waals surface area contributed by atoms with E-state index in [1.54, 1.807) is 12.1 Å². The Kier molecular flexibility index (Phi) is 5.74. The van der Waals surface area contributed by atoms with Crippen molar-refractivity contribution in [2.24, 2.45) is 0 Å². The van der Waals surface area contributed by atoms with Gasteiger partial charge in [-0.3, -0.25) is 0 Å². The molecule has 6 heteroatoms. The number of hydrogen-bond acceptors (Lipinski definition) is 3. The van der Waals surface area contributed by atoms with Gasteiger partial charge < -0.3 is 15.4 Å². The number of hydrogen-bond donors (Lipinski definition) is 2. The van der Waals surface area contributed by atoms with Crippen molar-refractivity contribution in [3.8, 4) is 0 Å². The molecule has 2 N–H and O–H groups in total. The Morgan fingerprint density at radius 1 is 1.22 bits per heavy atom. The van der Waals surface area contributed by atoms with E-state index in [1.165, 1.54) is 6.07 Å². The first-order valence-corrected chi connectivity index (χ1v) is 8.32. The molecule has 1 aromatic carbocycles. The van der Waals surface area contributed by atoms with Crippen molar-refractivity contribution in [3.63, 3.8) is 0 Å². The molecular formula is C17H24ClFN2O2. The molecule has 0 atom stereocenters. The quantitative estimate of drug-likeness (QED) is 0.835. The van der Waals surface area contributed by atoms with Crippen LogP contribution in [-0.2, 0) is 4.74 Å². The molecule has 0 spiro atoms. The highest BCUT2D eigenvalue weighted by molar-refractivity contribution is 6.31.